The van der Waals surface area contributed by atoms with Gasteiger partial charge in [0.15, 0.2) is 0 Å². The van der Waals surface area contributed by atoms with E-state index in [0.717, 1.165) is 16.9 Å². The molecule has 1 fully saturated rings. The first-order valence-corrected chi connectivity index (χ1v) is 13.7. The van der Waals surface area contributed by atoms with E-state index in [1.54, 1.807) is 37.8 Å². The maximum Gasteiger partial charge on any atom is 0.410 e. The summed E-state index contributed by atoms with van der Waals surface area (Å²) < 4.78 is 5.57. The lowest BCUT2D eigenvalue weighted by Crippen LogP contribution is -2.53. The number of hydrogen-bond acceptors (Lipinski definition) is 5. The Labute approximate surface area is 235 Å². The average molecular weight is 576 g/mol. The molecule has 1 atom stereocenters. The van der Waals surface area contributed by atoms with Gasteiger partial charge in [-0.25, -0.2) is 9.59 Å². The van der Waals surface area contributed by atoms with Gasteiger partial charge in [-0.3, -0.25) is 4.79 Å². The van der Waals surface area contributed by atoms with Gasteiger partial charge in [0.25, 0.3) is 5.91 Å². The van der Waals surface area contributed by atoms with Crippen molar-refractivity contribution in [1.29, 1.82) is 0 Å². The fourth-order valence-electron chi connectivity index (χ4n) is 4.38. The molecule has 1 aromatic heterocycles. The van der Waals surface area contributed by atoms with Crippen molar-refractivity contribution in [3.63, 3.8) is 0 Å². The largest absolute Gasteiger partial charge is 0.477 e. The predicted molar refractivity (Wildman–Crippen MR) is 151 cm³/mol. The number of nitrogens with zero attached hydrogens (tertiary/aromatic N) is 2. The van der Waals surface area contributed by atoms with Crippen molar-refractivity contribution < 1.29 is 24.2 Å². The van der Waals surface area contributed by atoms with Crippen molar-refractivity contribution in [2.24, 2.45) is 0 Å². The number of benzene rings is 2. The quantitative estimate of drug-likeness (QED) is 0.341. The molecular formula is C28H28Cl2N2O5S. The molecule has 2 heterocycles. The zero-order valence-electron chi connectivity index (χ0n) is 21.2. The lowest BCUT2D eigenvalue weighted by molar-refractivity contribution is 0.0195. The zero-order valence-corrected chi connectivity index (χ0v) is 23.6. The number of amides is 2. The minimum atomic E-state index is -1.15. The van der Waals surface area contributed by atoms with E-state index in [1.165, 1.54) is 17.0 Å². The second kappa shape index (κ2) is 11.4. The van der Waals surface area contributed by atoms with E-state index in [2.05, 4.69) is 0 Å². The van der Waals surface area contributed by atoms with E-state index in [-0.39, 0.29) is 27.7 Å². The summed E-state index contributed by atoms with van der Waals surface area (Å²) in [6, 6.07) is 15.2. The Kier molecular flexibility index (Phi) is 8.35. The maximum absolute atomic E-state index is 14.1. The van der Waals surface area contributed by atoms with E-state index in [4.69, 9.17) is 27.9 Å². The summed E-state index contributed by atoms with van der Waals surface area (Å²) in [5.41, 5.74) is 0.606. The van der Waals surface area contributed by atoms with Crippen LogP contribution in [-0.2, 0) is 4.74 Å². The van der Waals surface area contributed by atoms with Crippen LogP contribution in [0.1, 0.15) is 53.6 Å². The van der Waals surface area contributed by atoms with Gasteiger partial charge < -0.3 is 19.6 Å². The molecule has 10 heteroatoms. The van der Waals surface area contributed by atoms with Crippen molar-refractivity contribution >= 4 is 58.2 Å². The molecule has 4 rings (SSSR count). The van der Waals surface area contributed by atoms with Crippen LogP contribution in [0, 0.1) is 0 Å². The number of hydrogen-bond donors (Lipinski definition) is 1. The molecule has 7 nitrogen and oxygen atoms in total. The van der Waals surface area contributed by atoms with Crippen molar-refractivity contribution in [3.05, 3.63) is 75.1 Å². The summed E-state index contributed by atoms with van der Waals surface area (Å²) in [4.78, 5) is 43.1. The summed E-state index contributed by atoms with van der Waals surface area (Å²) in [5, 5.41) is 10.7. The Hall–Kier alpha value is -3.07. The third-order valence-electron chi connectivity index (χ3n) is 6.02. The molecule has 2 aromatic carbocycles. The van der Waals surface area contributed by atoms with Crippen LogP contribution in [0.4, 0.5) is 10.5 Å². The number of aromatic carboxylic acids is 1. The molecule has 0 radical (unpaired) electrons. The van der Waals surface area contributed by atoms with Crippen molar-refractivity contribution in [1.82, 2.24) is 4.90 Å². The molecule has 3 aromatic rings. The molecule has 200 valence electrons. The van der Waals surface area contributed by atoms with Gasteiger partial charge in [0.05, 0.1) is 22.3 Å². The molecule has 0 bridgehead atoms. The molecular weight excluding hydrogens is 547 g/mol. The number of carboxylic acid groups (broad SMARTS) is 1. The standard InChI is InChI=1S/C28H28Cl2N2O5S/c1-28(2,3)37-27(36)31-13-7-10-19(16-31)32(25(33)20-12-11-18(29)14-21(20)30)22-15-23(38-24(22)26(34)35)17-8-5-4-6-9-17/h4-6,8-9,11-12,14-15,19H,7,10,13,16H2,1-3H3,(H,34,35). The molecule has 38 heavy (non-hydrogen) atoms. The second-order valence-corrected chi connectivity index (χ2v) is 11.9. The Morgan fingerprint density at radius 1 is 1.08 bits per heavy atom. The maximum atomic E-state index is 14.1. The van der Waals surface area contributed by atoms with Crippen LogP contribution in [0.25, 0.3) is 10.4 Å². The van der Waals surface area contributed by atoms with Crippen LogP contribution >= 0.6 is 34.5 Å². The monoisotopic (exact) mass is 574 g/mol. The van der Waals surface area contributed by atoms with Gasteiger partial charge >= 0.3 is 12.1 Å². The van der Waals surface area contributed by atoms with Gasteiger partial charge in [0, 0.05) is 23.0 Å². The number of anilines is 1. The minimum absolute atomic E-state index is 0.0247. The van der Waals surface area contributed by atoms with Crippen LogP contribution in [0.15, 0.2) is 54.6 Å². The number of ether oxygens (including phenoxy) is 1. The number of carbonyl (C=O) groups is 3. The lowest BCUT2D eigenvalue weighted by Gasteiger charge is -2.39. The van der Waals surface area contributed by atoms with Crippen LogP contribution < -0.4 is 4.90 Å². The fraction of sp³-hybridized carbons (Fsp3) is 0.321. The normalized spacial score (nSPS) is 15.7. The average Bonchev–Trinajstić information content (AvgIpc) is 3.29. The second-order valence-electron chi connectivity index (χ2n) is 10.0. The first-order valence-electron chi connectivity index (χ1n) is 12.1. The van der Waals surface area contributed by atoms with E-state index < -0.39 is 29.6 Å². The van der Waals surface area contributed by atoms with Gasteiger partial charge in [-0.1, -0.05) is 53.5 Å². The first kappa shape index (κ1) is 28.0. The van der Waals surface area contributed by atoms with Gasteiger partial charge in [0.2, 0.25) is 0 Å². The van der Waals surface area contributed by atoms with E-state index in [9.17, 15) is 19.5 Å². The number of rotatable bonds is 5. The molecule has 1 saturated heterocycles. The molecule has 1 unspecified atom stereocenters. The number of halogens is 2. The summed E-state index contributed by atoms with van der Waals surface area (Å²) >= 11 is 13.6. The van der Waals surface area contributed by atoms with E-state index in [1.807, 2.05) is 30.3 Å². The number of thiophene rings is 1. The molecule has 1 N–H and O–H groups in total. The van der Waals surface area contributed by atoms with Crippen LogP contribution in [-0.4, -0.2) is 52.7 Å². The number of carboxylic acids is 1. The Morgan fingerprint density at radius 2 is 1.79 bits per heavy atom. The molecule has 0 spiro atoms. The number of likely N-dealkylation sites (tertiary alicyclic amines) is 1. The SMILES string of the molecule is CC(C)(C)OC(=O)N1CCCC(N(C(=O)c2ccc(Cl)cc2Cl)c2cc(-c3ccccc3)sc2C(=O)O)C1. The van der Waals surface area contributed by atoms with Gasteiger partial charge in [-0.15, -0.1) is 11.3 Å². The summed E-state index contributed by atoms with van der Waals surface area (Å²) in [6.45, 7) is 6.03. The molecule has 2 amide bonds. The van der Waals surface area contributed by atoms with Gasteiger partial charge in [-0.2, -0.15) is 0 Å². The highest BCUT2D eigenvalue weighted by molar-refractivity contribution is 7.18. The van der Waals surface area contributed by atoms with Crippen LogP contribution in [0.3, 0.4) is 0 Å². The Balaban J connectivity index is 1.80. The molecule has 1 aliphatic heterocycles. The minimum Gasteiger partial charge on any atom is -0.477 e. The number of piperidine rings is 1. The van der Waals surface area contributed by atoms with Crippen molar-refractivity contribution in [3.8, 4) is 10.4 Å². The van der Waals surface area contributed by atoms with Crippen molar-refractivity contribution in [2.75, 3.05) is 18.0 Å². The highest BCUT2D eigenvalue weighted by Crippen LogP contribution is 2.40. The Morgan fingerprint density at radius 3 is 2.42 bits per heavy atom. The molecule has 1 aliphatic rings. The van der Waals surface area contributed by atoms with Crippen molar-refractivity contribution in [2.45, 2.75) is 45.3 Å². The topological polar surface area (TPSA) is 87.2 Å². The van der Waals surface area contributed by atoms with Crippen LogP contribution in [0.5, 0.6) is 0 Å². The molecule has 0 aliphatic carbocycles. The first-order chi connectivity index (χ1) is 17.9. The summed E-state index contributed by atoms with van der Waals surface area (Å²) in [6.07, 6.45) is 0.694. The third-order valence-corrected chi connectivity index (χ3v) is 7.73. The van der Waals surface area contributed by atoms with Gasteiger partial charge in [-0.05, 0) is 63.4 Å². The zero-order chi connectivity index (χ0) is 27.6. The fourth-order valence-corrected chi connectivity index (χ4v) is 5.86. The highest BCUT2D eigenvalue weighted by Gasteiger charge is 2.37. The summed E-state index contributed by atoms with van der Waals surface area (Å²) in [5.74, 6) is -1.62. The van der Waals surface area contributed by atoms with E-state index in [0.29, 0.717) is 29.3 Å². The van der Waals surface area contributed by atoms with E-state index >= 15 is 0 Å². The van der Waals surface area contributed by atoms with Crippen LogP contribution in [0.2, 0.25) is 10.0 Å². The smallest absolute Gasteiger partial charge is 0.410 e. The highest BCUT2D eigenvalue weighted by atomic mass is 35.5. The Bertz CT molecular complexity index is 1350. The predicted octanol–water partition coefficient (Wildman–Crippen LogP) is 7.47. The third kappa shape index (κ3) is 6.31. The lowest BCUT2D eigenvalue weighted by atomic mass is 10.0. The summed E-state index contributed by atoms with van der Waals surface area (Å²) in [7, 11) is 0. The van der Waals surface area contributed by atoms with Gasteiger partial charge in [0.1, 0.15) is 10.5 Å². The molecule has 0 saturated carbocycles. The number of carbonyl (C=O) groups excluding carboxylic acids is 2.